The minimum Gasteiger partial charge on any atom is -0.508 e. The van der Waals surface area contributed by atoms with Crippen molar-refractivity contribution >= 4 is 80.3 Å². The number of esters is 1. The van der Waals surface area contributed by atoms with Crippen LogP contribution in [0.4, 0.5) is 22.1 Å². The molecule has 2 aliphatic rings. The van der Waals surface area contributed by atoms with Crippen LogP contribution in [0, 0.1) is 0 Å². The van der Waals surface area contributed by atoms with Crippen LogP contribution in [0.2, 0.25) is 0 Å². The number of nitrogens with zero attached hydrogens (tertiary/aromatic N) is 6. The van der Waals surface area contributed by atoms with Crippen molar-refractivity contribution in [2.75, 3.05) is 55.5 Å². The SMILES string of the molecule is Cn1cc2c(nc(NC(=O)Nc3ccc(CC(=O)OCCOCCOCCNC(=S)Nc4ccc(-c5c6ccc(=O)cc-6oc6cc(O)ccc56)c(C(=O)O)c4)cc3)n3nc(-c4ccco4)nc23)n1. The third-order valence-corrected chi connectivity index (χ3v) is 10.7. The molecule has 0 radical (unpaired) electrons. The minimum absolute atomic E-state index is 0.0127. The van der Waals surface area contributed by atoms with Crippen LogP contribution in [-0.4, -0.2) is 102 Å². The van der Waals surface area contributed by atoms with Crippen LogP contribution in [-0.2, 0) is 32.5 Å². The van der Waals surface area contributed by atoms with Crippen molar-refractivity contribution in [1.82, 2.24) is 34.7 Å². The fourth-order valence-electron chi connectivity index (χ4n) is 7.39. The van der Waals surface area contributed by atoms with Crippen LogP contribution in [0.1, 0.15) is 15.9 Å². The number of furan rings is 1. The van der Waals surface area contributed by atoms with E-state index in [0.717, 1.165) is 0 Å². The van der Waals surface area contributed by atoms with Crippen molar-refractivity contribution in [3.63, 3.8) is 0 Å². The Labute approximate surface area is 395 Å². The number of carboxylic acids is 1. The molecule has 21 nitrogen and oxygen atoms in total. The van der Waals surface area contributed by atoms with Crippen LogP contribution in [0.5, 0.6) is 5.75 Å². The van der Waals surface area contributed by atoms with Crippen molar-refractivity contribution < 1.29 is 47.6 Å². The summed E-state index contributed by atoms with van der Waals surface area (Å²) < 4.78 is 30.8. The van der Waals surface area contributed by atoms with E-state index in [9.17, 15) is 29.4 Å². The van der Waals surface area contributed by atoms with Crippen LogP contribution >= 0.6 is 12.2 Å². The number of hydrogen-bond donors (Lipinski definition) is 6. The number of phenolic OH excluding ortho intramolecular Hbond substituents is 1. The van der Waals surface area contributed by atoms with Crippen LogP contribution in [0.15, 0.2) is 117 Å². The topological polar surface area (TPSA) is 272 Å². The molecule has 4 aromatic heterocycles. The molecule has 0 fully saturated rings. The van der Waals surface area contributed by atoms with E-state index in [0.29, 0.717) is 73.8 Å². The second-order valence-corrected chi connectivity index (χ2v) is 15.7. The summed E-state index contributed by atoms with van der Waals surface area (Å²) in [6.07, 6.45) is 3.29. The standard InChI is InChI=1S/C47H40N10O11S/c1-56-25-35-41(54-56)52-45(57-43(35)51-42(55-57)36-3-2-15-66-36)53-46(63)49-27-6-4-26(5-7-27)21-39(60)67-20-19-65-18-17-64-16-14-48-47(69)50-28-8-11-31(34(22-28)44(61)62)40-32-12-9-29(58)23-37(32)68-38-24-30(59)10-13-33(38)40/h2-13,15,22-25,58H,14,16-21H2,1H3,(H,61,62)(H2,48,50,69)(H2,49,52,53,54,63). The number of aromatic carboxylic acids is 1. The molecule has 0 spiro atoms. The number of hydrogen-bond acceptors (Lipinski definition) is 15. The lowest BCUT2D eigenvalue weighted by atomic mass is 9.90. The molecule has 0 saturated carbocycles. The number of carboxylic acid groups (broad SMARTS) is 1. The lowest BCUT2D eigenvalue weighted by Crippen LogP contribution is -2.31. The van der Waals surface area contributed by atoms with Gasteiger partial charge < -0.3 is 49.2 Å². The highest BCUT2D eigenvalue weighted by atomic mass is 32.1. The Bertz CT molecular complexity index is 3410. The number of benzene rings is 4. The van der Waals surface area contributed by atoms with Gasteiger partial charge in [0.1, 0.15) is 23.7 Å². The lowest BCUT2D eigenvalue weighted by Gasteiger charge is -2.18. The largest absolute Gasteiger partial charge is 0.508 e. The normalized spacial score (nSPS) is 11.3. The molecule has 0 saturated heterocycles. The van der Waals surface area contributed by atoms with Crippen molar-refractivity contribution in [2.45, 2.75) is 6.42 Å². The molecule has 0 bridgehead atoms. The molecule has 350 valence electrons. The average molecular weight is 953 g/mol. The first-order valence-electron chi connectivity index (χ1n) is 21.2. The van der Waals surface area contributed by atoms with E-state index in [1.807, 2.05) is 0 Å². The maximum Gasteiger partial charge on any atom is 0.336 e. The molecule has 69 heavy (non-hydrogen) atoms. The number of anilines is 3. The molecule has 0 atom stereocenters. The monoisotopic (exact) mass is 952 g/mol. The first-order valence-corrected chi connectivity index (χ1v) is 21.6. The molecule has 3 aromatic carbocycles. The summed E-state index contributed by atoms with van der Waals surface area (Å²) >= 11 is 5.42. The number of nitrogens with one attached hydrogen (secondary N) is 4. The second kappa shape index (κ2) is 20.0. The van der Waals surface area contributed by atoms with Gasteiger partial charge in [-0.15, -0.1) is 5.10 Å². The summed E-state index contributed by atoms with van der Waals surface area (Å²) in [6, 6.07) is 23.2. The van der Waals surface area contributed by atoms with Gasteiger partial charge in [0.05, 0.1) is 50.1 Å². The van der Waals surface area contributed by atoms with Crippen LogP contribution in [0.3, 0.4) is 0 Å². The molecule has 2 amide bonds. The van der Waals surface area contributed by atoms with E-state index < -0.39 is 18.0 Å². The van der Waals surface area contributed by atoms with Gasteiger partial charge >= 0.3 is 18.0 Å². The number of ether oxygens (including phenoxy) is 3. The number of thiocarbonyl (C=S) groups is 1. The zero-order valence-electron chi connectivity index (χ0n) is 36.4. The molecule has 1 aliphatic carbocycles. The van der Waals surface area contributed by atoms with Crippen LogP contribution in [0.25, 0.3) is 61.7 Å². The smallest absolute Gasteiger partial charge is 0.336 e. The molecule has 7 aromatic rings. The summed E-state index contributed by atoms with van der Waals surface area (Å²) in [5.41, 5.74) is 3.80. The van der Waals surface area contributed by atoms with E-state index in [-0.39, 0.29) is 78.6 Å². The molecule has 5 heterocycles. The third kappa shape index (κ3) is 10.5. The number of fused-ring (bicyclic) bond motifs is 5. The van der Waals surface area contributed by atoms with Gasteiger partial charge in [-0.1, -0.05) is 18.2 Å². The molecule has 0 unspecified atom stereocenters. The Hall–Kier alpha value is -8.73. The van der Waals surface area contributed by atoms with E-state index in [2.05, 4.69) is 41.4 Å². The average Bonchev–Trinajstić information content (AvgIpc) is 4.10. The van der Waals surface area contributed by atoms with E-state index in [1.54, 1.807) is 78.6 Å². The van der Waals surface area contributed by atoms with E-state index in [1.165, 1.54) is 41.1 Å². The maximum atomic E-state index is 13.0. The quantitative estimate of drug-likeness (QED) is 0.0253. The van der Waals surface area contributed by atoms with Gasteiger partial charge in [0.25, 0.3) is 0 Å². The number of amides is 2. The van der Waals surface area contributed by atoms with Crippen molar-refractivity contribution in [2.24, 2.45) is 7.05 Å². The zero-order chi connectivity index (χ0) is 48.0. The maximum absolute atomic E-state index is 13.0. The van der Waals surface area contributed by atoms with Gasteiger partial charge in [0.15, 0.2) is 27.6 Å². The Kier molecular flexibility index (Phi) is 13.2. The van der Waals surface area contributed by atoms with Crippen molar-refractivity contribution in [3.05, 3.63) is 125 Å². The molecule has 1 aliphatic heterocycles. The Morgan fingerprint density at radius 3 is 2.38 bits per heavy atom. The van der Waals surface area contributed by atoms with E-state index in [4.69, 9.17) is 35.3 Å². The Morgan fingerprint density at radius 1 is 0.797 bits per heavy atom. The van der Waals surface area contributed by atoms with Gasteiger partial charge in [-0.2, -0.15) is 14.6 Å². The highest BCUT2D eigenvalue weighted by molar-refractivity contribution is 7.80. The summed E-state index contributed by atoms with van der Waals surface area (Å²) in [5, 5.41) is 42.1. The number of aryl methyl sites for hydroxylation is 1. The predicted molar refractivity (Wildman–Crippen MR) is 256 cm³/mol. The number of carbonyl (C=O) groups is 3. The number of urea groups is 1. The third-order valence-electron chi connectivity index (χ3n) is 10.4. The van der Waals surface area contributed by atoms with Gasteiger partial charge in [-0.05, 0) is 84.0 Å². The second-order valence-electron chi connectivity index (χ2n) is 15.3. The zero-order valence-corrected chi connectivity index (χ0v) is 37.2. The fraction of sp³-hybridized carbons (Fsp3) is 0.170. The molecular formula is C47H40N10O11S. The summed E-state index contributed by atoms with van der Waals surface area (Å²) in [6.45, 7) is 1.39. The number of rotatable bonds is 17. The highest BCUT2D eigenvalue weighted by Crippen LogP contribution is 2.42. The van der Waals surface area contributed by atoms with Crippen molar-refractivity contribution in [1.29, 1.82) is 0 Å². The number of carbonyl (C=O) groups excluding carboxylic acids is 2. The van der Waals surface area contributed by atoms with Crippen molar-refractivity contribution in [3.8, 4) is 39.8 Å². The predicted octanol–water partition coefficient (Wildman–Crippen LogP) is 6.30. The van der Waals surface area contributed by atoms with Gasteiger partial charge in [0.2, 0.25) is 11.8 Å². The van der Waals surface area contributed by atoms with E-state index >= 15 is 0 Å². The first-order chi connectivity index (χ1) is 33.4. The number of aromatic nitrogens is 6. The van der Waals surface area contributed by atoms with Gasteiger partial charge in [-0.25, -0.2) is 14.6 Å². The lowest BCUT2D eigenvalue weighted by molar-refractivity contribution is -0.144. The Morgan fingerprint density at radius 2 is 1.58 bits per heavy atom. The van der Waals surface area contributed by atoms with Gasteiger partial charge in [0, 0.05) is 59.8 Å². The summed E-state index contributed by atoms with van der Waals surface area (Å²) in [5.74, 6) is -0.568. The molecule has 22 heteroatoms. The first kappa shape index (κ1) is 45.4. The molecule has 9 rings (SSSR count). The summed E-state index contributed by atoms with van der Waals surface area (Å²) in [4.78, 5) is 59.2. The minimum atomic E-state index is -1.18. The number of phenols is 1. The van der Waals surface area contributed by atoms with Gasteiger partial charge in [-0.3, -0.25) is 19.6 Å². The molecule has 6 N–H and O–H groups in total. The number of aromatic hydroxyl groups is 1. The molecular weight excluding hydrogens is 913 g/mol. The highest BCUT2D eigenvalue weighted by Gasteiger charge is 2.23. The summed E-state index contributed by atoms with van der Waals surface area (Å²) in [7, 11) is 1.75. The Balaban J connectivity index is 0.668. The fourth-order valence-corrected chi connectivity index (χ4v) is 7.61. The van der Waals surface area contributed by atoms with Crippen LogP contribution < -0.4 is 26.7 Å².